The number of hydrogen-bond acceptors (Lipinski definition) is 0. The van der Waals surface area contributed by atoms with Crippen molar-refractivity contribution in [3.05, 3.63) is 42.3 Å². The number of hydrogen-bond donors (Lipinski definition) is 0. The molecule has 1 aromatic carbocycles. The lowest BCUT2D eigenvalue weighted by molar-refractivity contribution is 0.499. The van der Waals surface area contributed by atoms with Crippen molar-refractivity contribution in [3.8, 4) is 0 Å². The highest BCUT2D eigenvalue weighted by Gasteiger charge is 2.34. The van der Waals surface area contributed by atoms with E-state index in [-0.39, 0.29) is 0 Å². The van der Waals surface area contributed by atoms with Gasteiger partial charge in [-0.15, -0.1) is 0 Å². The zero-order chi connectivity index (χ0) is 9.86. The standard InChI is InChI=1S/C14H19/c1-2-10-14(11-6-7-12-14)13-8-4-3-5-9-13/h3-5,8-10H,2,6-7,11-12H2,1H3. The van der Waals surface area contributed by atoms with Crippen LogP contribution in [0.3, 0.4) is 0 Å². The molecular formula is C14H19. The molecule has 0 bridgehead atoms. The summed E-state index contributed by atoms with van der Waals surface area (Å²) in [6, 6.07) is 11.0. The topological polar surface area (TPSA) is 0 Å². The number of benzene rings is 1. The fourth-order valence-electron chi connectivity index (χ4n) is 2.78. The summed E-state index contributed by atoms with van der Waals surface area (Å²) in [7, 11) is 0. The minimum atomic E-state index is 0.413. The van der Waals surface area contributed by atoms with Gasteiger partial charge in [-0.3, -0.25) is 0 Å². The molecule has 2 rings (SSSR count). The second-order valence-corrected chi connectivity index (χ2v) is 4.34. The SMILES string of the molecule is CC[CH]C1(c2ccccc2)CCCC1. The Bertz CT molecular complexity index is 267. The molecule has 0 N–H and O–H groups in total. The molecule has 0 saturated heterocycles. The molecule has 1 fully saturated rings. The van der Waals surface area contributed by atoms with Crippen LogP contribution >= 0.6 is 0 Å². The molecule has 0 aliphatic heterocycles. The van der Waals surface area contributed by atoms with Gasteiger partial charge in [-0.1, -0.05) is 56.5 Å². The van der Waals surface area contributed by atoms with Crippen LogP contribution in [0.25, 0.3) is 0 Å². The second-order valence-electron chi connectivity index (χ2n) is 4.34. The van der Waals surface area contributed by atoms with Gasteiger partial charge in [0.05, 0.1) is 0 Å². The zero-order valence-corrected chi connectivity index (χ0v) is 9.00. The van der Waals surface area contributed by atoms with Crippen LogP contribution in [-0.4, -0.2) is 0 Å². The summed E-state index contributed by atoms with van der Waals surface area (Å²) in [5, 5.41) is 0. The first-order valence-electron chi connectivity index (χ1n) is 5.77. The molecule has 0 nitrogen and oxygen atoms in total. The highest BCUT2D eigenvalue weighted by atomic mass is 14.4. The van der Waals surface area contributed by atoms with E-state index in [0.29, 0.717) is 5.41 Å². The first-order valence-corrected chi connectivity index (χ1v) is 5.77. The maximum atomic E-state index is 2.52. The van der Waals surface area contributed by atoms with Crippen LogP contribution in [-0.2, 0) is 5.41 Å². The van der Waals surface area contributed by atoms with Crippen LogP contribution in [0.5, 0.6) is 0 Å². The molecule has 1 aromatic rings. The van der Waals surface area contributed by atoms with Crippen LogP contribution in [0, 0.1) is 6.42 Å². The Morgan fingerprint density at radius 1 is 1.14 bits per heavy atom. The molecular weight excluding hydrogens is 168 g/mol. The lowest BCUT2D eigenvalue weighted by Crippen LogP contribution is -2.22. The van der Waals surface area contributed by atoms with Crippen LogP contribution in [0.1, 0.15) is 44.6 Å². The normalized spacial score (nSPS) is 19.8. The van der Waals surface area contributed by atoms with Gasteiger partial charge in [-0.25, -0.2) is 0 Å². The van der Waals surface area contributed by atoms with Crippen molar-refractivity contribution in [1.82, 2.24) is 0 Å². The average Bonchev–Trinajstić information content (AvgIpc) is 2.70. The molecule has 1 radical (unpaired) electrons. The van der Waals surface area contributed by atoms with E-state index in [0.717, 1.165) is 0 Å². The van der Waals surface area contributed by atoms with Crippen molar-refractivity contribution in [3.63, 3.8) is 0 Å². The van der Waals surface area contributed by atoms with Gasteiger partial charge in [0.1, 0.15) is 0 Å². The predicted octanol–water partition coefficient (Wildman–Crippen LogP) is 4.11. The summed E-state index contributed by atoms with van der Waals surface area (Å²) in [5.74, 6) is 0. The first kappa shape index (κ1) is 9.76. The Morgan fingerprint density at radius 3 is 2.36 bits per heavy atom. The maximum absolute atomic E-state index is 2.52. The van der Waals surface area contributed by atoms with E-state index in [2.05, 4.69) is 43.7 Å². The van der Waals surface area contributed by atoms with Crippen molar-refractivity contribution >= 4 is 0 Å². The minimum absolute atomic E-state index is 0.413. The molecule has 0 unspecified atom stereocenters. The monoisotopic (exact) mass is 187 g/mol. The Labute approximate surface area is 87.3 Å². The molecule has 0 amide bonds. The van der Waals surface area contributed by atoms with Gasteiger partial charge >= 0.3 is 0 Å². The highest BCUT2D eigenvalue weighted by molar-refractivity contribution is 5.30. The van der Waals surface area contributed by atoms with E-state index < -0.39 is 0 Å². The van der Waals surface area contributed by atoms with E-state index in [9.17, 15) is 0 Å². The lowest BCUT2D eigenvalue weighted by atomic mass is 9.75. The van der Waals surface area contributed by atoms with E-state index in [1.807, 2.05) is 0 Å². The van der Waals surface area contributed by atoms with E-state index in [4.69, 9.17) is 0 Å². The Hall–Kier alpha value is -0.780. The summed E-state index contributed by atoms with van der Waals surface area (Å²) in [6.45, 7) is 2.25. The van der Waals surface area contributed by atoms with Crippen molar-refractivity contribution in [1.29, 1.82) is 0 Å². The van der Waals surface area contributed by atoms with Gasteiger partial charge in [-0.05, 0) is 30.2 Å². The molecule has 75 valence electrons. The molecule has 0 heterocycles. The summed E-state index contributed by atoms with van der Waals surface area (Å²) >= 11 is 0. The van der Waals surface area contributed by atoms with Gasteiger partial charge in [0, 0.05) is 0 Å². The molecule has 0 atom stereocenters. The highest BCUT2D eigenvalue weighted by Crippen LogP contribution is 2.43. The summed E-state index contributed by atoms with van der Waals surface area (Å²) in [6.07, 6.45) is 9.21. The fraction of sp³-hybridized carbons (Fsp3) is 0.500. The van der Waals surface area contributed by atoms with Gasteiger partial charge in [0.25, 0.3) is 0 Å². The molecule has 14 heavy (non-hydrogen) atoms. The summed E-state index contributed by atoms with van der Waals surface area (Å²) in [4.78, 5) is 0. The third-order valence-electron chi connectivity index (χ3n) is 3.44. The van der Waals surface area contributed by atoms with E-state index in [1.54, 1.807) is 0 Å². The fourth-order valence-corrected chi connectivity index (χ4v) is 2.78. The summed E-state index contributed by atoms with van der Waals surface area (Å²) < 4.78 is 0. The third-order valence-corrected chi connectivity index (χ3v) is 3.44. The van der Waals surface area contributed by atoms with Gasteiger partial charge in [0.2, 0.25) is 0 Å². The largest absolute Gasteiger partial charge is 0.0651 e. The van der Waals surface area contributed by atoms with Gasteiger partial charge in [-0.2, -0.15) is 0 Å². The molecule has 1 saturated carbocycles. The van der Waals surface area contributed by atoms with Crippen LogP contribution < -0.4 is 0 Å². The van der Waals surface area contributed by atoms with Crippen molar-refractivity contribution in [2.24, 2.45) is 0 Å². The van der Waals surface area contributed by atoms with Crippen molar-refractivity contribution in [2.75, 3.05) is 0 Å². The van der Waals surface area contributed by atoms with E-state index in [1.165, 1.54) is 37.7 Å². The average molecular weight is 187 g/mol. The zero-order valence-electron chi connectivity index (χ0n) is 9.00. The Kier molecular flexibility index (Phi) is 2.90. The van der Waals surface area contributed by atoms with Gasteiger partial charge < -0.3 is 0 Å². The molecule has 0 aromatic heterocycles. The van der Waals surface area contributed by atoms with Gasteiger partial charge in [0.15, 0.2) is 0 Å². The van der Waals surface area contributed by atoms with Crippen molar-refractivity contribution < 1.29 is 0 Å². The molecule has 0 heteroatoms. The third kappa shape index (κ3) is 1.70. The minimum Gasteiger partial charge on any atom is -0.0651 e. The second kappa shape index (κ2) is 4.16. The first-order chi connectivity index (χ1) is 6.87. The Morgan fingerprint density at radius 2 is 1.79 bits per heavy atom. The van der Waals surface area contributed by atoms with Crippen LogP contribution in [0.4, 0.5) is 0 Å². The van der Waals surface area contributed by atoms with Crippen molar-refractivity contribution in [2.45, 2.75) is 44.4 Å². The predicted molar refractivity (Wildman–Crippen MR) is 61.2 cm³/mol. The van der Waals surface area contributed by atoms with E-state index >= 15 is 0 Å². The van der Waals surface area contributed by atoms with Crippen LogP contribution in [0.2, 0.25) is 0 Å². The lowest BCUT2D eigenvalue weighted by Gasteiger charge is -2.29. The summed E-state index contributed by atoms with van der Waals surface area (Å²) in [5.41, 5.74) is 1.94. The molecule has 0 spiro atoms. The molecule has 1 aliphatic carbocycles. The smallest absolute Gasteiger partial charge is 0.00159 e. The Balaban J connectivity index is 2.27. The quantitative estimate of drug-likeness (QED) is 0.668. The number of rotatable bonds is 3. The van der Waals surface area contributed by atoms with Crippen LogP contribution in [0.15, 0.2) is 30.3 Å². The molecule has 1 aliphatic rings. The maximum Gasteiger partial charge on any atom is -0.00159 e.